The van der Waals surface area contributed by atoms with Gasteiger partial charge in [0.1, 0.15) is 18.3 Å². The molecule has 5 fully saturated rings. The molecule has 11 nitrogen and oxygen atoms in total. The number of ether oxygens (including phenoxy) is 4. The van der Waals surface area contributed by atoms with E-state index >= 15 is 0 Å². The van der Waals surface area contributed by atoms with E-state index in [0.717, 1.165) is 41.9 Å². The predicted octanol–water partition coefficient (Wildman–Crippen LogP) is 3.54. The fourth-order valence-electron chi connectivity index (χ4n) is 12.2. The number of nitrogens with zero attached hydrogens (tertiary/aromatic N) is 2. The molecule has 1 spiro atoms. The van der Waals surface area contributed by atoms with Crippen LogP contribution in [0.15, 0.2) is 24.3 Å². The number of phenols is 1. The number of piperidine rings is 1. The number of rotatable bonds is 7. The molecule has 3 heterocycles. The van der Waals surface area contributed by atoms with Gasteiger partial charge in [-0.05, 0) is 119 Å². The van der Waals surface area contributed by atoms with Crippen LogP contribution >= 0.6 is 0 Å². The number of phenolic OH excluding ortho intramolecular Hbond substituents is 1. The van der Waals surface area contributed by atoms with E-state index in [9.17, 15) is 25.2 Å². The van der Waals surface area contributed by atoms with Crippen LogP contribution in [0.1, 0.15) is 86.0 Å². The first kappa shape index (κ1) is 31.4. The molecule has 2 unspecified atom stereocenters. The van der Waals surface area contributed by atoms with Gasteiger partial charge in [0, 0.05) is 36.3 Å². The fraction of sp³-hybridized carbons (Fsp3) is 0.675. The van der Waals surface area contributed by atoms with Gasteiger partial charge in [0.2, 0.25) is 0 Å². The summed E-state index contributed by atoms with van der Waals surface area (Å²) in [5.74, 6) is 1.98. The Kier molecular flexibility index (Phi) is 6.49. The first-order chi connectivity index (χ1) is 24.6. The van der Waals surface area contributed by atoms with Gasteiger partial charge in [-0.2, -0.15) is 0 Å². The summed E-state index contributed by atoms with van der Waals surface area (Å²) in [4.78, 5) is 18.6. The van der Waals surface area contributed by atoms with Crippen LogP contribution < -0.4 is 14.2 Å². The Morgan fingerprint density at radius 2 is 1.76 bits per heavy atom. The summed E-state index contributed by atoms with van der Waals surface area (Å²) in [6.45, 7) is 2.74. The van der Waals surface area contributed by atoms with Crippen LogP contribution in [0.5, 0.6) is 23.0 Å². The summed E-state index contributed by atoms with van der Waals surface area (Å²) in [5.41, 5.74) is 0.861. The monoisotopic (exact) mass is 700 g/mol. The second-order valence-corrected chi connectivity index (χ2v) is 17.6. The normalized spacial score (nSPS) is 41.0. The quantitative estimate of drug-likeness (QED) is 0.249. The van der Waals surface area contributed by atoms with Crippen molar-refractivity contribution < 1.29 is 44.2 Å². The van der Waals surface area contributed by atoms with Gasteiger partial charge in [0.15, 0.2) is 23.0 Å². The second kappa shape index (κ2) is 10.5. The molecule has 10 atom stereocenters. The molecule has 4 N–H and O–H groups in total. The minimum atomic E-state index is -1.09. The number of likely N-dealkylation sites (tertiary alicyclic amines) is 1. The Balaban J connectivity index is 0.887. The maximum atomic E-state index is 13.8. The topological polar surface area (TPSA) is 141 Å². The number of hydrogen-bond donors (Lipinski definition) is 4. The SMILES string of the molecule is CN(CC1CC1)[C@@H]1Cc2ccc(OC(=O)O[C@H]3CC[C@@]4(O)C5Cc6ccc(O)c7c6[C@@]4(CCN5CC4CC4)[C@H]3O7)c3c2C2[C@@H](O3)[C@@H](O)CC[C@]21O. The molecule has 0 aromatic heterocycles. The molecule has 0 amide bonds. The Hall–Kier alpha value is -3.09. The lowest BCUT2D eigenvalue weighted by Gasteiger charge is -2.63. The number of carbonyl (C=O) groups excluding carboxylic acids is 1. The summed E-state index contributed by atoms with van der Waals surface area (Å²) < 4.78 is 25.1. The van der Waals surface area contributed by atoms with E-state index < -0.39 is 53.1 Å². The lowest BCUT2D eigenvalue weighted by molar-refractivity contribution is -0.209. The van der Waals surface area contributed by atoms with Gasteiger partial charge in [-0.15, -0.1) is 0 Å². The molecule has 0 radical (unpaired) electrons. The van der Waals surface area contributed by atoms with Crippen molar-refractivity contribution in [3.8, 4) is 23.0 Å². The average molecular weight is 701 g/mol. The highest BCUT2D eigenvalue weighted by atomic mass is 16.7. The zero-order chi connectivity index (χ0) is 34.6. The summed E-state index contributed by atoms with van der Waals surface area (Å²) in [6.07, 6.45) is 4.99. The third-order valence-electron chi connectivity index (χ3n) is 14.8. The fourth-order valence-corrected chi connectivity index (χ4v) is 12.2. The predicted molar refractivity (Wildman–Crippen MR) is 182 cm³/mol. The van der Waals surface area contributed by atoms with Crippen molar-refractivity contribution in [3.63, 3.8) is 0 Å². The van der Waals surface area contributed by atoms with Crippen molar-refractivity contribution >= 4 is 6.16 Å². The molecule has 2 bridgehead atoms. The standard InChI is InChI=1S/C40H48N2O9/c1-41(18-20-2-3-20)28-16-22-7-9-26(35-30(22)32-34(50-35)25(44)10-12-39(28,32)46)48-37(45)49-27-11-13-40(47)29-17-23-6-8-24(43)33-31(23)38(40,36(27)51-33)14-15-42(29)19-21-4-5-21/h6-9,20-21,25,27-29,32,34,36,43-44,46-47H,2-5,10-19H2,1H3/t25-,27-,28+,29?,32?,34-,36-,38-,39+,40+/m0/s1. The second-order valence-electron chi connectivity index (χ2n) is 17.6. The number of hydrogen-bond acceptors (Lipinski definition) is 11. The van der Waals surface area contributed by atoms with Crippen molar-refractivity contribution in [3.05, 3.63) is 46.5 Å². The molecule has 2 aromatic rings. The van der Waals surface area contributed by atoms with E-state index in [1.807, 2.05) is 12.1 Å². The number of likely N-dealkylation sites (N-methyl/N-ethyl adjacent to an activating group) is 1. The largest absolute Gasteiger partial charge is 0.514 e. The zero-order valence-electron chi connectivity index (χ0n) is 29.1. The van der Waals surface area contributed by atoms with Crippen LogP contribution in [0.2, 0.25) is 0 Å². The van der Waals surface area contributed by atoms with Crippen molar-refractivity contribution in [1.82, 2.24) is 9.80 Å². The number of benzene rings is 2. The van der Waals surface area contributed by atoms with Crippen LogP contribution in [-0.4, -0.2) is 111 Å². The van der Waals surface area contributed by atoms with E-state index in [2.05, 4.69) is 16.8 Å². The van der Waals surface area contributed by atoms with Gasteiger partial charge in [-0.25, -0.2) is 4.79 Å². The van der Waals surface area contributed by atoms with Crippen LogP contribution in [0, 0.1) is 11.8 Å². The number of aromatic hydroxyl groups is 1. The van der Waals surface area contributed by atoms with Gasteiger partial charge in [-0.3, -0.25) is 9.80 Å². The molecule has 1 saturated heterocycles. The molecule has 9 aliphatic rings. The van der Waals surface area contributed by atoms with Crippen molar-refractivity contribution in [2.24, 2.45) is 11.8 Å². The van der Waals surface area contributed by atoms with E-state index in [0.29, 0.717) is 68.3 Å². The molecule has 51 heavy (non-hydrogen) atoms. The van der Waals surface area contributed by atoms with E-state index in [1.165, 1.54) is 25.7 Å². The summed E-state index contributed by atoms with van der Waals surface area (Å²) in [7, 11) is 2.10. The molecule has 11 rings (SSSR count). The molecular formula is C40H48N2O9. The molecule has 2 aromatic carbocycles. The van der Waals surface area contributed by atoms with Gasteiger partial charge in [0.25, 0.3) is 0 Å². The lowest BCUT2D eigenvalue weighted by atomic mass is 9.48. The van der Waals surface area contributed by atoms with Crippen molar-refractivity contribution in [1.29, 1.82) is 0 Å². The summed E-state index contributed by atoms with van der Waals surface area (Å²) in [6, 6.07) is 7.18. The van der Waals surface area contributed by atoms with Crippen molar-refractivity contribution in [2.75, 3.05) is 26.7 Å². The maximum Gasteiger partial charge on any atom is 0.514 e. The highest BCUT2D eigenvalue weighted by Gasteiger charge is 2.74. The van der Waals surface area contributed by atoms with Crippen molar-refractivity contribution in [2.45, 2.75) is 130 Å². The van der Waals surface area contributed by atoms with Crippen LogP contribution in [0.4, 0.5) is 4.79 Å². The van der Waals surface area contributed by atoms with Crippen LogP contribution in [0.25, 0.3) is 0 Å². The summed E-state index contributed by atoms with van der Waals surface area (Å²) in [5, 5.41) is 47.2. The van der Waals surface area contributed by atoms with Crippen LogP contribution in [-0.2, 0) is 23.0 Å². The minimum Gasteiger partial charge on any atom is -0.504 e. The lowest BCUT2D eigenvalue weighted by Crippen LogP contribution is -2.77. The van der Waals surface area contributed by atoms with Crippen LogP contribution in [0.3, 0.4) is 0 Å². The van der Waals surface area contributed by atoms with Gasteiger partial charge in [-0.1, -0.05) is 12.1 Å². The highest BCUT2D eigenvalue weighted by molar-refractivity contribution is 5.69. The Morgan fingerprint density at radius 1 is 0.961 bits per heavy atom. The third-order valence-corrected chi connectivity index (χ3v) is 14.8. The Bertz CT molecular complexity index is 1830. The molecular weight excluding hydrogens is 652 g/mol. The molecule has 4 saturated carbocycles. The van der Waals surface area contributed by atoms with E-state index in [4.69, 9.17) is 18.9 Å². The zero-order valence-corrected chi connectivity index (χ0v) is 29.1. The number of aliphatic hydroxyl groups is 3. The average Bonchev–Trinajstić information content (AvgIpc) is 4.02. The number of aliphatic hydroxyl groups excluding tert-OH is 1. The molecule has 11 heteroatoms. The Labute approximate surface area is 297 Å². The van der Waals surface area contributed by atoms with E-state index in [1.54, 1.807) is 12.1 Å². The third kappa shape index (κ3) is 4.21. The smallest absolute Gasteiger partial charge is 0.504 e. The summed E-state index contributed by atoms with van der Waals surface area (Å²) >= 11 is 0. The highest BCUT2D eigenvalue weighted by Crippen LogP contribution is 2.66. The van der Waals surface area contributed by atoms with Gasteiger partial charge in [0.05, 0.1) is 28.6 Å². The number of carbonyl (C=O) groups is 1. The molecule has 272 valence electrons. The van der Waals surface area contributed by atoms with Gasteiger partial charge < -0.3 is 39.4 Å². The van der Waals surface area contributed by atoms with E-state index in [-0.39, 0.29) is 23.6 Å². The maximum absolute atomic E-state index is 13.8. The molecule has 3 aliphatic heterocycles. The van der Waals surface area contributed by atoms with Gasteiger partial charge >= 0.3 is 6.16 Å². The first-order valence-corrected chi connectivity index (χ1v) is 19.4. The minimum absolute atomic E-state index is 0.0406. The molecule has 6 aliphatic carbocycles. The first-order valence-electron chi connectivity index (χ1n) is 19.4. The Morgan fingerprint density at radius 3 is 2.57 bits per heavy atom.